The number of likely N-dealkylation sites (N-methyl/N-ethyl adjacent to an activating group) is 1. The summed E-state index contributed by atoms with van der Waals surface area (Å²) in [4.78, 5) is 27.0. The Bertz CT molecular complexity index is 827. The molecule has 8 heteroatoms. The summed E-state index contributed by atoms with van der Waals surface area (Å²) in [7, 11) is 1.99. The van der Waals surface area contributed by atoms with E-state index >= 15 is 0 Å². The molecule has 1 aromatic heterocycles. The minimum absolute atomic E-state index is 0.119. The Morgan fingerprint density at radius 1 is 1.19 bits per heavy atom. The van der Waals surface area contributed by atoms with Crippen molar-refractivity contribution in [2.24, 2.45) is 0 Å². The van der Waals surface area contributed by atoms with E-state index < -0.39 is 23.8 Å². The lowest BCUT2D eigenvalue weighted by Gasteiger charge is -2.36. The van der Waals surface area contributed by atoms with Crippen LogP contribution in [0.5, 0.6) is 0 Å². The number of carboxylic acid groups (broad SMARTS) is 2. The molecular formula is C18H22FN3O4. The number of aromatic nitrogens is 1. The quantitative estimate of drug-likeness (QED) is 0.811. The van der Waals surface area contributed by atoms with Crippen LogP contribution in [-0.2, 0) is 16.1 Å². The van der Waals surface area contributed by atoms with E-state index in [2.05, 4.69) is 4.90 Å². The van der Waals surface area contributed by atoms with E-state index in [1.165, 1.54) is 12.1 Å². The first-order valence-corrected chi connectivity index (χ1v) is 8.52. The molecule has 0 amide bonds. The van der Waals surface area contributed by atoms with Crippen LogP contribution < -0.4 is 0 Å². The Balaban J connectivity index is 2.03. The number of halogens is 1. The number of piperazine rings is 1. The van der Waals surface area contributed by atoms with E-state index in [1.54, 1.807) is 16.8 Å². The number of aliphatic carboxylic acids is 2. The van der Waals surface area contributed by atoms with Gasteiger partial charge in [0.05, 0.1) is 11.9 Å². The molecule has 2 aromatic rings. The summed E-state index contributed by atoms with van der Waals surface area (Å²) in [5, 5.41) is 19.4. The van der Waals surface area contributed by atoms with Crippen LogP contribution in [0, 0.1) is 5.82 Å². The second-order valence-corrected chi connectivity index (χ2v) is 6.66. The number of carboxylic acids is 2. The SMILES string of the molecule is CN1CCN(C(C(=O)O)c2cn(CCC(=O)O)c3cc(F)ccc23)CC1. The highest BCUT2D eigenvalue weighted by Crippen LogP contribution is 2.32. The number of fused-ring (bicyclic) bond motifs is 1. The van der Waals surface area contributed by atoms with Gasteiger partial charge in [-0.3, -0.25) is 14.5 Å². The largest absolute Gasteiger partial charge is 0.481 e. The average Bonchev–Trinajstić information content (AvgIpc) is 2.92. The summed E-state index contributed by atoms with van der Waals surface area (Å²) >= 11 is 0. The standard InChI is InChI=1S/C18H22FN3O4/c1-20-6-8-21(9-7-20)17(18(25)26)14-11-22(5-4-16(23)24)15-10-12(19)2-3-13(14)15/h2-3,10-11,17H,4-9H2,1H3,(H,23,24)(H,25,26). The van der Waals surface area contributed by atoms with Gasteiger partial charge >= 0.3 is 11.9 Å². The van der Waals surface area contributed by atoms with Gasteiger partial charge in [0, 0.05) is 49.9 Å². The van der Waals surface area contributed by atoms with E-state index in [1.807, 2.05) is 11.9 Å². The van der Waals surface area contributed by atoms with Gasteiger partial charge in [-0.25, -0.2) is 4.39 Å². The summed E-state index contributed by atoms with van der Waals surface area (Å²) in [6.07, 6.45) is 1.54. The maximum absolute atomic E-state index is 13.7. The van der Waals surface area contributed by atoms with E-state index in [0.29, 0.717) is 29.6 Å². The van der Waals surface area contributed by atoms with Crippen molar-refractivity contribution in [2.45, 2.75) is 19.0 Å². The van der Waals surface area contributed by atoms with Crippen LogP contribution in [0.15, 0.2) is 24.4 Å². The molecule has 1 saturated heterocycles. The summed E-state index contributed by atoms with van der Waals surface area (Å²) in [6.45, 7) is 2.95. The van der Waals surface area contributed by atoms with Crippen molar-refractivity contribution in [3.05, 3.63) is 35.8 Å². The van der Waals surface area contributed by atoms with Gasteiger partial charge in [0.15, 0.2) is 0 Å². The van der Waals surface area contributed by atoms with Crippen LogP contribution in [0.25, 0.3) is 10.9 Å². The van der Waals surface area contributed by atoms with Crippen LogP contribution in [-0.4, -0.2) is 69.7 Å². The minimum Gasteiger partial charge on any atom is -0.481 e. The third kappa shape index (κ3) is 3.71. The molecule has 0 radical (unpaired) electrons. The third-order valence-corrected chi connectivity index (χ3v) is 4.87. The number of hydrogen-bond donors (Lipinski definition) is 2. The van der Waals surface area contributed by atoms with Crippen LogP contribution in [0.1, 0.15) is 18.0 Å². The molecule has 140 valence electrons. The first-order valence-electron chi connectivity index (χ1n) is 8.52. The number of carbonyl (C=O) groups is 2. The van der Waals surface area contributed by atoms with Gasteiger partial charge in [-0.2, -0.15) is 0 Å². The van der Waals surface area contributed by atoms with Gasteiger partial charge in [0.25, 0.3) is 0 Å². The lowest BCUT2D eigenvalue weighted by molar-refractivity contribution is -0.144. The summed E-state index contributed by atoms with van der Waals surface area (Å²) in [5.41, 5.74) is 1.09. The molecule has 7 nitrogen and oxygen atoms in total. The van der Waals surface area contributed by atoms with E-state index in [9.17, 15) is 19.1 Å². The maximum Gasteiger partial charge on any atom is 0.325 e. The molecule has 0 aliphatic carbocycles. The predicted molar refractivity (Wildman–Crippen MR) is 93.6 cm³/mol. The fraction of sp³-hybridized carbons (Fsp3) is 0.444. The topological polar surface area (TPSA) is 86.0 Å². The Labute approximate surface area is 150 Å². The average molecular weight is 363 g/mol. The number of nitrogens with zero attached hydrogens (tertiary/aromatic N) is 3. The summed E-state index contributed by atoms with van der Waals surface area (Å²) in [6, 6.07) is 3.35. The molecule has 1 aromatic carbocycles. The number of benzene rings is 1. The Morgan fingerprint density at radius 3 is 2.50 bits per heavy atom. The first kappa shape index (κ1) is 18.3. The highest BCUT2D eigenvalue weighted by molar-refractivity contribution is 5.90. The van der Waals surface area contributed by atoms with Gasteiger partial charge in [-0.15, -0.1) is 0 Å². The van der Waals surface area contributed by atoms with Gasteiger partial charge < -0.3 is 19.7 Å². The van der Waals surface area contributed by atoms with Crippen LogP contribution in [0.4, 0.5) is 4.39 Å². The molecule has 3 rings (SSSR count). The van der Waals surface area contributed by atoms with Crippen molar-refractivity contribution in [3.8, 4) is 0 Å². The third-order valence-electron chi connectivity index (χ3n) is 4.87. The predicted octanol–water partition coefficient (Wildman–Crippen LogP) is 1.63. The van der Waals surface area contributed by atoms with E-state index in [0.717, 1.165) is 13.1 Å². The summed E-state index contributed by atoms with van der Waals surface area (Å²) in [5.74, 6) is -2.36. The zero-order valence-corrected chi connectivity index (χ0v) is 14.6. The fourth-order valence-corrected chi connectivity index (χ4v) is 3.48. The number of rotatable bonds is 6. The molecule has 1 atom stereocenters. The molecule has 1 aliphatic heterocycles. The molecule has 1 aliphatic rings. The molecule has 0 spiro atoms. The lowest BCUT2D eigenvalue weighted by atomic mass is 10.0. The molecule has 2 N–H and O–H groups in total. The Hall–Kier alpha value is -2.45. The molecule has 0 saturated carbocycles. The molecule has 1 fully saturated rings. The lowest BCUT2D eigenvalue weighted by Crippen LogP contribution is -2.47. The normalized spacial score (nSPS) is 17.5. The van der Waals surface area contributed by atoms with Crippen LogP contribution in [0.3, 0.4) is 0 Å². The summed E-state index contributed by atoms with van der Waals surface area (Å²) < 4.78 is 15.4. The Morgan fingerprint density at radius 2 is 1.88 bits per heavy atom. The van der Waals surface area contributed by atoms with Crippen molar-refractivity contribution in [1.29, 1.82) is 0 Å². The highest BCUT2D eigenvalue weighted by Gasteiger charge is 2.32. The van der Waals surface area contributed by atoms with E-state index in [4.69, 9.17) is 5.11 Å². The molecular weight excluding hydrogens is 341 g/mol. The van der Waals surface area contributed by atoms with Crippen molar-refractivity contribution in [2.75, 3.05) is 33.2 Å². The van der Waals surface area contributed by atoms with Gasteiger partial charge in [-0.05, 0) is 25.2 Å². The second kappa shape index (κ2) is 7.43. The van der Waals surface area contributed by atoms with Crippen molar-refractivity contribution in [3.63, 3.8) is 0 Å². The molecule has 26 heavy (non-hydrogen) atoms. The Kier molecular flexibility index (Phi) is 5.24. The number of hydrogen-bond acceptors (Lipinski definition) is 4. The fourth-order valence-electron chi connectivity index (χ4n) is 3.48. The number of aryl methyl sites for hydroxylation is 1. The highest BCUT2D eigenvalue weighted by atomic mass is 19.1. The zero-order chi connectivity index (χ0) is 18.8. The monoisotopic (exact) mass is 363 g/mol. The van der Waals surface area contributed by atoms with Crippen molar-refractivity contribution < 1.29 is 24.2 Å². The first-order chi connectivity index (χ1) is 12.4. The molecule has 1 unspecified atom stereocenters. The second-order valence-electron chi connectivity index (χ2n) is 6.66. The molecule has 0 bridgehead atoms. The smallest absolute Gasteiger partial charge is 0.325 e. The maximum atomic E-state index is 13.7. The van der Waals surface area contributed by atoms with Crippen molar-refractivity contribution in [1.82, 2.24) is 14.4 Å². The van der Waals surface area contributed by atoms with Gasteiger partial charge in [-0.1, -0.05) is 0 Å². The van der Waals surface area contributed by atoms with Gasteiger partial charge in [0.1, 0.15) is 11.9 Å². The van der Waals surface area contributed by atoms with Crippen LogP contribution >= 0.6 is 0 Å². The zero-order valence-electron chi connectivity index (χ0n) is 14.6. The molecule has 2 heterocycles. The van der Waals surface area contributed by atoms with Crippen molar-refractivity contribution >= 4 is 22.8 Å². The van der Waals surface area contributed by atoms with Crippen LogP contribution in [0.2, 0.25) is 0 Å². The van der Waals surface area contributed by atoms with E-state index in [-0.39, 0.29) is 13.0 Å². The van der Waals surface area contributed by atoms with Gasteiger partial charge in [0.2, 0.25) is 0 Å². The minimum atomic E-state index is -0.962.